The van der Waals surface area contributed by atoms with Crippen LogP contribution in [0.2, 0.25) is 0 Å². The lowest BCUT2D eigenvalue weighted by molar-refractivity contribution is -0.141. The molecule has 0 bridgehead atoms. The van der Waals surface area contributed by atoms with Gasteiger partial charge in [0.15, 0.2) is 0 Å². The van der Waals surface area contributed by atoms with Crippen LogP contribution in [-0.4, -0.2) is 33.8 Å². The van der Waals surface area contributed by atoms with E-state index >= 15 is 0 Å². The highest BCUT2D eigenvalue weighted by atomic mass is 16.4. The molecule has 0 aliphatic rings. The molecule has 1 unspecified atom stereocenters. The number of benzene rings is 2. The third-order valence-corrected chi connectivity index (χ3v) is 4.00. The third kappa shape index (κ3) is 4.92. The second kappa shape index (κ2) is 8.80. The molecule has 0 saturated heterocycles. The molecule has 0 aromatic heterocycles. The molecule has 26 heavy (non-hydrogen) atoms. The number of aliphatic carboxylic acids is 1. The van der Waals surface area contributed by atoms with Gasteiger partial charge in [0.1, 0.15) is 6.04 Å². The molecule has 6 nitrogen and oxygen atoms in total. The fourth-order valence-electron chi connectivity index (χ4n) is 2.44. The molecule has 2 N–H and O–H groups in total. The highest BCUT2D eigenvalue weighted by molar-refractivity contribution is 5.98. The first-order chi connectivity index (χ1) is 12.4. The summed E-state index contributed by atoms with van der Waals surface area (Å²) in [7, 11) is 0. The Bertz CT molecular complexity index is 789. The smallest absolute Gasteiger partial charge is 0.326 e. The van der Waals surface area contributed by atoms with Crippen LogP contribution < -0.4 is 5.32 Å². The van der Waals surface area contributed by atoms with Gasteiger partial charge in [-0.25, -0.2) is 4.79 Å². The summed E-state index contributed by atoms with van der Waals surface area (Å²) in [6.45, 7) is 3.39. The van der Waals surface area contributed by atoms with E-state index in [4.69, 9.17) is 0 Å². The van der Waals surface area contributed by atoms with Crippen molar-refractivity contribution in [2.45, 2.75) is 32.9 Å². The fourth-order valence-corrected chi connectivity index (χ4v) is 2.44. The Kier molecular flexibility index (Phi) is 6.49. The molecule has 6 heteroatoms. The molecule has 0 heterocycles. The predicted octanol–water partition coefficient (Wildman–Crippen LogP) is 3.15. The molecule has 2 rings (SSSR count). The quantitative estimate of drug-likeness (QED) is 0.800. The van der Waals surface area contributed by atoms with Gasteiger partial charge in [-0.05, 0) is 30.7 Å². The zero-order valence-corrected chi connectivity index (χ0v) is 14.8. The Labute approximate surface area is 152 Å². The Morgan fingerprint density at radius 3 is 2.38 bits per heavy atom. The highest BCUT2D eigenvalue weighted by Gasteiger charge is 2.26. The molecule has 0 aliphatic carbocycles. The lowest BCUT2D eigenvalue weighted by Crippen LogP contribution is -2.42. The van der Waals surface area contributed by atoms with Gasteiger partial charge in [0.05, 0.1) is 0 Å². The number of carboxylic acid groups (broad SMARTS) is 1. The van der Waals surface area contributed by atoms with Crippen LogP contribution >= 0.6 is 0 Å². The maximum Gasteiger partial charge on any atom is 0.326 e. The minimum absolute atomic E-state index is 0.158. The van der Waals surface area contributed by atoms with Gasteiger partial charge in [-0.3, -0.25) is 9.59 Å². The molecule has 0 saturated carbocycles. The van der Waals surface area contributed by atoms with Crippen LogP contribution in [-0.2, 0) is 16.1 Å². The van der Waals surface area contributed by atoms with Gasteiger partial charge in [-0.2, -0.15) is 0 Å². The van der Waals surface area contributed by atoms with Crippen molar-refractivity contribution >= 4 is 23.5 Å². The maximum absolute atomic E-state index is 13.0. The second-order valence-corrected chi connectivity index (χ2v) is 5.92. The zero-order valence-electron chi connectivity index (χ0n) is 14.8. The molecule has 0 radical (unpaired) electrons. The van der Waals surface area contributed by atoms with Crippen LogP contribution in [0.25, 0.3) is 0 Å². The molecule has 0 aliphatic heterocycles. The number of hydrogen-bond donors (Lipinski definition) is 2. The van der Waals surface area contributed by atoms with E-state index in [-0.39, 0.29) is 12.5 Å². The molecule has 0 spiro atoms. The van der Waals surface area contributed by atoms with Gasteiger partial charge in [0.25, 0.3) is 5.91 Å². The molecule has 136 valence electrons. The van der Waals surface area contributed by atoms with E-state index < -0.39 is 17.9 Å². The number of hydrogen-bond acceptors (Lipinski definition) is 3. The van der Waals surface area contributed by atoms with Gasteiger partial charge in [0.2, 0.25) is 5.91 Å². The van der Waals surface area contributed by atoms with Crippen molar-refractivity contribution in [3.63, 3.8) is 0 Å². The van der Waals surface area contributed by atoms with Crippen LogP contribution in [0, 0.1) is 0 Å². The number of carboxylic acids is 1. The molecule has 0 fully saturated rings. The van der Waals surface area contributed by atoms with Crippen molar-refractivity contribution in [2.24, 2.45) is 0 Å². The van der Waals surface area contributed by atoms with Crippen molar-refractivity contribution in [3.8, 4) is 0 Å². The van der Waals surface area contributed by atoms with Gasteiger partial charge in [-0.1, -0.05) is 43.3 Å². The van der Waals surface area contributed by atoms with E-state index in [0.29, 0.717) is 17.7 Å². The van der Waals surface area contributed by atoms with Crippen LogP contribution in [0.1, 0.15) is 36.2 Å². The summed E-state index contributed by atoms with van der Waals surface area (Å²) in [5.74, 6) is -1.64. The number of amides is 2. The van der Waals surface area contributed by atoms with E-state index in [2.05, 4.69) is 5.32 Å². The van der Waals surface area contributed by atoms with Crippen molar-refractivity contribution in [3.05, 3.63) is 65.7 Å². The lowest BCUT2D eigenvalue weighted by Gasteiger charge is -2.27. The summed E-state index contributed by atoms with van der Waals surface area (Å²) in [6.07, 6.45) is 0.328. The van der Waals surface area contributed by atoms with Gasteiger partial charge in [0, 0.05) is 24.2 Å². The second-order valence-electron chi connectivity index (χ2n) is 5.92. The molecular formula is C20H22N2O4. The predicted molar refractivity (Wildman–Crippen MR) is 98.8 cm³/mol. The monoisotopic (exact) mass is 354 g/mol. The average molecular weight is 354 g/mol. The van der Waals surface area contributed by atoms with E-state index in [0.717, 1.165) is 5.56 Å². The van der Waals surface area contributed by atoms with Gasteiger partial charge in [-0.15, -0.1) is 0 Å². The summed E-state index contributed by atoms with van der Waals surface area (Å²) in [5, 5.41) is 12.1. The Balaban J connectivity index is 2.29. The Morgan fingerprint density at radius 1 is 1.08 bits per heavy atom. The van der Waals surface area contributed by atoms with Crippen molar-refractivity contribution in [1.29, 1.82) is 0 Å². The van der Waals surface area contributed by atoms with Crippen LogP contribution in [0.3, 0.4) is 0 Å². The van der Waals surface area contributed by atoms with Crippen molar-refractivity contribution in [1.82, 2.24) is 4.90 Å². The number of rotatable bonds is 7. The van der Waals surface area contributed by atoms with Crippen molar-refractivity contribution in [2.75, 3.05) is 5.32 Å². The molecule has 1 atom stereocenters. The first-order valence-electron chi connectivity index (χ1n) is 8.40. The molecule has 2 aromatic carbocycles. The Morgan fingerprint density at radius 2 is 1.77 bits per heavy atom. The third-order valence-electron chi connectivity index (χ3n) is 4.00. The summed E-state index contributed by atoms with van der Waals surface area (Å²) in [4.78, 5) is 37.3. The number of carbonyl (C=O) groups is 3. The minimum atomic E-state index is -1.08. The summed E-state index contributed by atoms with van der Waals surface area (Å²) >= 11 is 0. The average Bonchev–Trinajstić information content (AvgIpc) is 2.65. The normalized spacial score (nSPS) is 11.5. The highest BCUT2D eigenvalue weighted by Crippen LogP contribution is 2.17. The minimum Gasteiger partial charge on any atom is -0.480 e. The van der Waals surface area contributed by atoms with Crippen LogP contribution in [0.15, 0.2) is 54.6 Å². The SMILES string of the molecule is CCC(=O)Nc1cccc(C(=O)N(Cc2ccccc2)C(C)C(=O)O)c1. The first-order valence-corrected chi connectivity index (χ1v) is 8.40. The standard InChI is InChI=1S/C20H22N2O4/c1-3-18(23)21-17-11-7-10-16(12-17)19(24)22(14(2)20(25)26)13-15-8-5-4-6-9-15/h4-12,14H,3,13H2,1-2H3,(H,21,23)(H,25,26). The summed E-state index contributed by atoms with van der Waals surface area (Å²) in [5.41, 5.74) is 1.66. The van der Waals surface area contributed by atoms with Crippen LogP contribution in [0.4, 0.5) is 5.69 Å². The van der Waals surface area contributed by atoms with E-state index in [1.54, 1.807) is 31.2 Å². The Hall–Kier alpha value is -3.15. The van der Waals surface area contributed by atoms with Gasteiger partial charge < -0.3 is 15.3 Å². The van der Waals surface area contributed by atoms with Gasteiger partial charge >= 0.3 is 5.97 Å². The first kappa shape index (κ1) is 19.2. The number of anilines is 1. The van der Waals surface area contributed by atoms with E-state index in [1.165, 1.54) is 11.8 Å². The number of nitrogens with one attached hydrogen (secondary N) is 1. The van der Waals surface area contributed by atoms with Crippen molar-refractivity contribution < 1.29 is 19.5 Å². The summed E-state index contributed by atoms with van der Waals surface area (Å²) in [6, 6.07) is 14.7. The largest absolute Gasteiger partial charge is 0.480 e. The number of nitrogens with zero attached hydrogens (tertiary/aromatic N) is 1. The van der Waals surface area contributed by atoms with E-state index in [1.807, 2.05) is 30.3 Å². The summed E-state index contributed by atoms with van der Waals surface area (Å²) < 4.78 is 0. The van der Waals surface area contributed by atoms with Crippen LogP contribution in [0.5, 0.6) is 0 Å². The molecular weight excluding hydrogens is 332 g/mol. The topological polar surface area (TPSA) is 86.7 Å². The van der Waals surface area contributed by atoms with E-state index in [9.17, 15) is 19.5 Å². The fraction of sp³-hybridized carbons (Fsp3) is 0.250. The molecule has 2 aromatic rings. The zero-order chi connectivity index (χ0) is 19.1. The molecule has 2 amide bonds. The lowest BCUT2D eigenvalue weighted by atomic mass is 10.1. The maximum atomic E-state index is 13.0. The number of carbonyl (C=O) groups excluding carboxylic acids is 2.